The minimum atomic E-state index is -0.356. The number of carbonyl (C=O) groups is 1. The maximum Gasteiger partial charge on any atom is 0.315 e. The number of hydrogen-bond donors (Lipinski definition) is 2. The molecule has 2 rings (SSSR count). The first kappa shape index (κ1) is 14.6. The van der Waals surface area contributed by atoms with Crippen LogP contribution in [0.25, 0.3) is 0 Å². The number of carbonyl (C=O) groups excluding carboxylic acids is 1. The maximum absolute atomic E-state index is 11.7. The molecule has 0 aromatic heterocycles. The van der Waals surface area contributed by atoms with Crippen LogP contribution < -0.4 is 10.6 Å². The molecule has 0 aromatic carbocycles. The molecule has 1 unspecified atom stereocenters. The molecule has 2 amide bonds. The summed E-state index contributed by atoms with van der Waals surface area (Å²) in [5.74, 6) is -0.356. The van der Waals surface area contributed by atoms with Crippen molar-refractivity contribution in [2.75, 3.05) is 13.2 Å². The minimum Gasteiger partial charge on any atom is -0.347 e. The first-order valence-corrected chi connectivity index (χ1v) is 7.26. The number of urea groups is 1. The molecular formula is C14H26N2O3. The molecule has 1 atom stereocenters. The molecule has 2 N–H and O–H groups in total. The Morgan fingerprint density at radius 1 is 1.26 bits per heavy atom. The Hall–Kier alpha value is -0.810. The van der Waals surface area contributed by atoms with Crippen LogP contribution in [0.15, 0.2) is 0 Å². The van der Waals surface area contributed by atoms with Gasteiger partial charge in [0.1, 0.15) is 6.10 Å². The van der Waals surface area contributed by atoms with Gasteiger partial charge in [-0.1, -0.05) is 6.42 Å². The van der Waals surface area contributed by atoms with E-state index in [0.717, 1.165) is 12.8 Å². The summed E-state index contributed by atoms with van der Waals surface area (Å²) < 4.78 is 11.8. The molecule has 5 nitrogen and oxygen atoms in total. The van der Waals surface area contributed by atoms with Crippen LogP contribution in [0.4, 0.5) is 4.79 Å². The number of nitrogens with one attached hydrogen (secondary N) is 2. The van der Waals surface area contributed by atoms with Gasteiger partial charge in [0.2, 0.25) is 0 Å². The van der Waals surface area contributed by atoms with Crippen LogP contribution in [-0.4, -0.2) is 36.6 Å². The van der Waals surface area contributed by atoms with Gasteiger partial charge in [0.25, 0.3) is 0 Å². The van der Waals surface area contributed by atoms with E-state index in [0.29, 0.717) is 13.2 Å². The summed E-state index contributed by atoms with van der Waals surface area (Å²) >= 11 is 0. The molecule has 2 fully saturated rings. The number of rotatable bonds is 2. The number of amides is 2. The molecule has 1 heterocycles. The standard InChI is InChI=1S/C14H26N2O3/c1-13(2,3)16-12(17)15-9-11-10-18-14(19-11)7-5-4-6-8-14/h11H,4-10H2,1-3H3,(H2,15,16,17). The Morgan fingerprint density at radius 3 is 2.58 bits per heavy atom. The summed E-state index contributed by atoms with van der Waals surface area (Å²) in [5, 5.41) is 5.72. The van der Waals surface area contributed by atoms with Gasteiger partial charge in [-0.05, 0) is 33.6 Å². The Labute approximate surface area is 115 Å². The number of hydrogen-bond acceptors (Lipinski definition) is 3. The second-order valence-electron chi connectivity index (χ2n) is 6.61. The summed E-state index contributed by atoms with van der Waals surface area (Å²) in [6.45, 7) is 6.95. The maximum atomic E-state index is 11.7. The van der Waals surface area contributed by atoms with Crippen LogP contribution >= 0.6 is 0 Å². The minimum absolute atomic E-state index is 0.0242. The Morgan fingerprint density at radius 2 is 1.95 bits per heavy atom. The van der Waals surface area contributed by atoms with Crippen molar-refractivity contribution in [1.82, 2.24) is 10.6 Å². The molecule has 1 aliphatic carbocycles. The van der Waals surface area contributed by atoms with Crippen molar-refractivity contribution in [3.05, 3.63) is 0 Å². The molecule has 1 aliphatic heterocycles. The Bertz CT molecular complexity index is 319. The zero-order valence-corrected chi connectivity index (χ0v) is 12.3. The van der Waals surface area contributed by atoms with E-state index in [1.807, 2.05) is 20.8 Å². The van der Waals surface area contributed by atoms with E-state index < -0.39 is 0 Å². The summed E-state index contributed by atoms with van der Waals surface area (Å²) in [5.41, 5.74) is -0.221. The average molecular weight is 270 g/mol. The highest BCUT2D eigenvalue weighted by Crippen LogP contribution is 2.37. The first-order chi connectivity index (χ1) is 8.89. The highest BCUT2D eigenvalue weighted by Gasteiger charge is 2.42. The van der Waals surface area contributed by atoms with E-state index in [9.17, 15) is 4.79 Å². The van der Waals surface area contributed by atoms with E-state index in [1.54, 1.807) is 0 Å². The molecular weight excluding hydrogens is 244 g/mol. The molecule has 2 aliphatic rings. The lowest BCUT2D eigenvalue weighted by Gasteiger charge is -2.31. The molecule has 1 saturated heterocycles. The fourth-order valence-electron chi connectivity index (χ4n) is 2.66. The van der Waals surface area contributed by atoms with Crippen molar-refractivity contribution in [1.29, 1.82) is 0 Å². The predicted octanol–water partition coefficient (Wildman–Crippen LogP) is 2.16. The van der Waals surface area contributed by atoms with Crippen molar-refractivity contribution in [3.63, 3.8) is 0 Å². The topological polar surface area (TPSA) is 59.6 Å². The molecule has 1 spiro atoms. The van der Waals surface area contributed by atoms with Gasteiger partial charge in [-0.3, -0.25) is 0 Å². The molecule has 0 bridgehead atoms. The quantitative estimate of drug-likeness (QED) is 0.808. The van der Waals surface area contributed by atoms with Crippen molar-refractivity contribution < 1.29 is 14.3 Å². The lowest BCUT2D eigenvalue weighted by atomic mass is 9.94. The molecule has 0 aromatic rings. The van der Waals surface area contributed by atoms with E-state index in [4.69, 9.17) is 9.47 Å². The summed E-state index contributed by atoms with van der Waals surface area (Å²) in [7, 11) is 0. The van der Waals surface area contributed by atoms with E-state index in [-0.39, 0.29) is 23.5 Å². The van der Waals surface area contributed by atoms with Crippen molar-refractivity contribution in [2.45, 2.75) is 70.3 Å². The summed E-state index contributed by atoms with van der Waals surface area (Å²) in [4.78, 5) is 11.7. The van der Waals surface area contributed by atoms with Crippen molar-refractivity contribution in [2.24, 2.45) is 0 Å². The van der Waals surface area contributed by atoms with Crippen LogP contribution in [-0.2, 0) is 9.47 Å². The smallest absolute Gasteiger partial charge is 0.315 e. The Balaban J connectivity index is 1.72. The Kier molecular flexibility index (Phi) is 4.36. The third kappa shape index (κ3) is 4.35. The zero-order chi connectivity index (χ0) is 13.9. The average Bonchev–Trinajstić information content (AvgIpc) is 2.69. The van der Waals surface area contributed by atoms with Gasteiger partial charge in [-0.2, -0.15) is 0 Å². The van der Waals surface area contributed by atoms with Gasteiger partial charge >= 0.3 is 6.03 Å². The van der Waals surface area contributed by atoms with Crippen LogP contribution in [0, 0.1) is 0 Å². The normalized spacial score (nSPS) is 26.4. The predicted molar refractivity (Wildman–Crippen MR) is 72.9 cm³/mol. The van der Waals surface area contributed by atoms with Crippen molar-refractivity contribution in [3.8, 4) is 0 Å². The fourth-order valence-corrected chi connectivity index (χ4v) is 2.66. The number of ether oxygens (including phenoxy) is 2. The van der Waals surface area contributed by atoms with Crippen molar-refractivity contribution >= 4 is 6.03 Å². The molecule has 1 saturated carbocycles. The van der Waals surface area contributed by atoms with Crippen LogP contribution in [0.1, 0.15) is 52.9 Å². The van der Waals surface area contributed by atoms with E-state index in [2.05, 4.69) is 10.6 Å². The molecule has 0 radical (unpaired) electrons. The van der Waals surface area contributed by atoms with Gasteiger partial charge in [0.15, 0.2) is 5.79 Å². The fraction of sp³-hybridized carbons (Fsp3) is 0.929. The lowest BCUT2D eigenvalue weighted by molar-refractivity contribution is -0.186. The highest BCUT2D eigenvalue weighted by atomic mass is 16.7. The highest BCUT2D eigenvalue weighted by molar-refractivity contribution is 5.74. The molecule has 110 valence electrons. The largest absolute Gasteiger partial charge is 0.347 e. The molecule has 5 heteroatoms. The summed E-state index contributed by atoms with van der Waals surface area (Å²) in [6.07, 6.45) is 5.56. The second kappa shape index (κ2) is 5.67. The van der Waals surface area contributed by atoms with Gasteiger partial charge < -0.3 is 20.1 Å². The zero-order valence-electron chi connectivity index (χ0n) is 12.3. The summed E-state index contributed by atoms with van der Waals surface area (Å²) in [6, 6.07) is -0.152. The van der Waals surface area contributed by atoms with Crippen LogP contribution in [0.2, 0.25) is 0 Å². The van der Waals surface area contributed by atoms with E-state index in [1.165, 1.54) is 19.3 Å². The monoisotopic (exact) mass is 270 g/mol. The first-order valence-electron chi connectivity index (χ1n) is 7.26. The second-order valence-corrected chi connectivity index (χ2v) is 6.61. The SMILES string of the molecule is CC(C)(C)NC(=O)NCC1COC2(CCCCC2)O1. The van der Waals surface area contributed by atoms with Gasteiger partial charge in [0, 0.05) is 24.9 Å². The van der Waals surface area contributed by atoms with Crippen LogP contribution in [0.5, 0.6) is 0 Å². The third-order valence-electron chi connectivity index (χ3n) is 3.51. The van der Waals surface area contributed by atoms with Gasteiger partial charge in [-0.15, -0.1) is 0 Å². The van der Waals surface area contributed by atoms with E-state index >= 15 is 0 Å². The third-order valence-corrected chi connectivity index (χ3v) is 3.51. The lowest BCUT2D eigenvalue weighted by Crippen LogP contribution is -2.48. The molecule has 19 heavy (non-hydrogen) atoms. The van der Waals surface area contributed by atoms with Gasteiger partial charge in [-0.25, -0.2) is 4.79 Å². The van der Waals surface area contributed by atoms with Crippen LogP contribution in [0.3, 0.4) is 0 Å². The van der Waals surface area contributed by atoms with Gasteiger partial charge in [0.05, 0.1) is 6.61 Å².